The van der Waals surface area contributed by atoms with Gasteiger partial charge in [-0.3, -0.25) is 0 Å². The molecule has 0 saturated carbocycles. The van der Waals surface area contributed by atoms with Gasteiger partial charge in [-0.1, -0.05) is 30.4 Å². The first kappa shape index (κ1) is 12.1. The Morgan fingerprint density at radius 2 is 2.12 bits per heavy atom. The van der Waals surface area contributed by atoms with Gasteiger partial charge in [-0.05, 0) is 24.6 Å². The van der Waals surface area contributed by atoms with E-state index in [1.54, 1.807) is 0 Å². The van der Waals surface area contributed by atoms with E-state index in [0.717, 1.165) is 25.9 Å². The summed E-state index contributed by atoms with van der Waals surface area (Å²) in [5.74, 6) is 0. The van der Waals surface area contributed by atoms with Gasteiger partial charge in [0.2, 0.25) is 0 Å². The highest BCUT2D eigenvalue weighted by atomic mass is 32.1. The molecule has 1 heterocycles. The van der Waals surface area contributed by atoms with Gasteiger partial charge in [0.15, 0.2) is 0 Å². The second-order valence-corrected chi connectivity index (χ2v) is 4.60. The third kappa shape index (κ3) is 3.28. The number of hydrogen-bond donors (Lipinski definition) is 3. The van der Waals surface area contributed by atoms with Crippen molar-refractivity contribution in [3.63, 3.8) is 0 Å². The number of hydrogen-bond acceptors (Lipinski definition) is 2. The zero-order chi connectivity index (χ0) is 12.1. The van der Waals surface area contributed by atoms with Gasteiger partial charge in [0.1, 0.15) is 0 Å². The molecule has 4 N–H and O–H groups in total. The maximum Gasteiger partial charge on any atom is 0.0740 e. The van der Waals surface area contributed by atoms with E-state index in [1.807, 2.05) is 6.07 Å². The van der Waals surface area contributed by atoms with E-state index in [2.05, 4.69) is 34.7 Å². The number of benzene rings is 1. The molecule has 4 heteroatoms. The van der Waals surface area contributed by atoms with Crippen LogP contribution in [0.2, 0.25) is 0 Å². The fraction of sp³-hybridized carbons (Fsp3) is 0.308. The number of aromatic nitrogens is 1. The van der Waals surface area contributed by atoms with E-state index < -0.39 is 0 Å². The number of H-pyrrole nitrogens is 1. The van der Waals surface area contributed by atoms with Gasteiger partial charge in [0.25, 0.3) is 0 Å². The summed E-state index contributed by atoms with van der Waals surface area (Å²) in [5.41, 5.74) is 7.98. The minimum atomic E-state index is 0.574. The SMILES string of the molecule is NC(=S)CCNCCc1c[nH]c2ccccc12. The molecule has 3 nitrogen and oxygen atoms in total. The summed E-state index contributed by atoms with van der Waals surface area (Å²) in [7, 11) is 0. The minimum Gasteiger partial charge on any atom is -0.393 e. The molecule has 2 rings (SSSR count). The first-order chi connectivity index (χ1) is 8.27. The Bertz CT molecular complexity index is 504. The molecule has 0 unspecified atom stereocenters. The third-order valence-electron chi connectivity index (χ3n) is 2.79. The van der Waals surface area contributed by atoms with Crippen molar-refractivity contribution in [1.29, 1.82) is 0 Å². The molecule has 2 aromatic rings. The summed E-state index contributed by atoms with van der Waals surface area (Å²) < 4.78 is 0. The Balaban J connectivity index is 1.85. The fourth-order valence-electron chi connectivity index (χ4n) is 1.90. The van der Waals surface area contributed by atoms with Crippen molar-refractivity contribution < 1.29 is 0 Å². The number of aromatic amines is 1. The Labute approximate surface area is 106 Å². The number of para-hydroxylation sites is 1. The van der Waals surface area contributed by atoms with Gasteiger partial charge in [0.05, 0.1) is 4.99 Å². The molecule has 0 radical (unpaired) electrons. The largest absolute Gasteiger partial charge is 0.393 e. The van der Waals surface area contributed by atoms with Crippen molar-refractivity contribution >= 4 is 28.1 Å². The minimum absolute atomic E-state index is 0.574. The van der Waals surface area contributed by atoms with Crippen LogP contribution in [0.4, 0.5) is 0 Å². The molecule has 0 aliphatic rings. The Kier molecular flexibility index (Phi) is 4.12. The van der Waals surface area contributed by atoms with Crippen LogP contribution in [0.5, 0.6) is 0 Å². The normalized spacial score (nSPS) is 10.8. The molecule has 1 aromatic heterocycles. The van der Waals surface area contributed by atoms with Crippen molar-refractivity contribution in [2.24, 2.45) is 5.73 Å². The molecule has 17 heavy (non-hydrogen) atoms. The smallest absolute Gasteiger partial charge is 0.0740 e. The summed E-state index contributed by atoms with van der Waals surface area (Å²) in [5, 5.41) is 4.65. The zero-order valence-corrected chi connectivity index (χ0v) is 10.5. The number of rotatable bonds is 6. The second kappa shape index (κ2) is 5.80. The Morgan fingerprint density at radius 3 is 2.94 bits per heavy atom. The zero-order valence-electron chi connectivity index (χ0n) is 9.70. The van der Waals surface area contributed by atoms with Crippen LogP contribution in [0.15, 0.2) is 30.5 Å². The number of nitrogens with one attached hydrogen (secondary N) is 2. The molecular formula is C13H17N3S. The number of thiocarbonyl (C=S) groups is 1. The van der Waals surface area contributed by atoms with E-state index in [0.29, 0.717) is 4.99 Å². The van der Waals surface area contributed by atoms with Crippen molar-refractivity contribution in [1.82, 2.24) is 10.3 Å². The quantitative estimate of drug-likeness (QED) is 0.540. The number of fused-ring (bicyclic) bond motifs is 1. The van der Waals surface area contributed by atoms with Crippen LogP contribution in [-0.2, 0) is 6.42 Å². The average Bonchev–Trinajstić information content (AvgIpc) is 2.72. The third-order valence-corrected chi connectivity index (χ3v) is 3.00. The van der Waals surface area contributed by atoms with Gasteiger partial charge < -0.3 is 16.0 Å². The van der Waals surface area contributed by atoms with Crippen LogP contribution in [0, 0.1) is 0 Å². The van der Waals surface area contributed by atoms with Gasteiger partial charge in [-0.25, -0.2) is 0 Å². The highest BCUT2D eigenvalue weighted by molar-refractivity contribution is 7.80. The fourth-order valence-corrected chi connectivity index (χ4v) is 2.00. The van der Waals surface area contributed by atoms with Crippen LogP contribution in [0.25, 0.3) is 10.9 Å². The summed E-state index contributed by atoms with van der Waals surface area (Å²) in [6.45, 7) is 1.81. The molecular weight excluding hydrogens is 230 g/mol. The lowest BCUT2D eigenvalue weighted by molar-refractivity contribution is 0.700. The summed E-state index contributed by atoms with van der Waals surface area (Å²) in [4.78, 5) is 3.85. The van der Waals surface area contributed by atoms with Crippen molar-refractivity contribution in [3.8, 4) is 0 Å². The summed E-state index contributed by atoms with van der Waals surface area (Å²) >= 11 is 4.82. The van der Waals surface area contributed by atoms with Crippen molar-refractivity contribution in [2.45, 2.75) is 12.8 Å². The standard InChI is InChI=1S/C13H17N3S/c14-13(17)6-8-15-7-5-10-9-16-12-4-2-1-3-11(10)12/h1-4,9,15-16H,5-8H2,(H2,14,17). The molecule has 90 valence electrons. The first-order valence-electron chi connectivity index (χ1n) is 5.81. The maximum atomic E-state index is 5.43. The molecule has 0 amide bonds. The lowest BCUT2D eigenvalue weighted by Gasteiger charge is -2.03. The van der Waals surface area contributed by atoms with Gasteiger partial charge >= 0.3 is 0 Å². The van der Waals surface area contributed by atoms with Crippen LogP contribution in [0.1, 0.15) is 12.0 Å². The Hall–Kier alpha value is -1.39. The monoisotopic (exact) mass is 247 g/mol. The van der Waals surface area contributed by atoms with E-state index in [4.69, 9.17) is 18.0 Å². The lowest BCUT2D eigenvalue weighted by atomic mass is 10.1. The van der Waals surface area contributed by atoms with Crippen LogP contribution < -0.4 is 11.1 Å². The molecule has 0 saturated heterocycles. The van der Waals surface area contributed by atoms with E-state index >= 15 is 0 Å². The van der Waals surface area contributed by atoms with E-state index in [9.17, 15) is 0 Å². The van der Waals surface area contributed by atoms with E-state index in [-0.39, 0.29) is 0 Å². The summed E-state index contributed by atoms with van der Waals surface area (Å²) in [6, 6.07) is 8.36. The molecule has 0 fully saturated rings. The predicted molar refractivity (Wildman–Crippen MR) is 76.3 cm³/mol. The second-order valence-electron chi connectivity index (χ2n) is 4.08. The number of nitrogens with two attached hydrogens (primary N) is 1. The highest BCUT2D eigenvalue weighted by Gasteiger charge is 2.01. The van der Waals surface area contributed by atoms with Crippen molar-refractivity contribution in [2.75, 3.05) is 13.1 Å². The van der Waals surface area contributed by atoms with Crippen LogP contribution >= 0.6 is 12.2 Å². The maximum absolute atomic E-state index is 5.43. The molecule has 0 bridgehead atoms. The predicted octanol–water partition coefficient (Wildman–Crippen LogP) is 1.98. The van der Waals surface area contributed by atoms with Gasteiger partial charge in [0, 0.05) is 30.1 Å². The topological polar surface area (TPSA) is 53.8 Å². The highest BCUT2D eigenvalue weighted by Crippen LogP contribution is 2.17. The molecule has 0 atom stereocenters. The van der Waals surface area contributed by atoms with Gasteiger partial charge in [-0.2, -0.15) is 0 Å². The first-order valence-corrected chi connectivity index (χ1v) is 6.22. The van der Waals surface area contributed by atoms with Crippen LogP contribution in [0.3, 0.4) is 0 Å². The lowest BCUT2D eigenvalue weighted by Crippen LogP contribution is -2.22. The average molecular weight is 247 g/mol. The molecule has 1 aromatic carbocycles. The summed E-state index contributed by atoms with van der Waals surface area (Å²) in [6.07, 6.45) is 3.87. The Morgan fingerprint density at radius 1 is 1.29 bits per heavy atom. The molecule has 0 aliphatic heterocycles. The van der Waals surface area contributed by atoms with Crippen molar-refractivity contribution in [3.05, 3.63) is 36.0 Å². The van der Waals surface area contributed by atoms with Crippen LogP contribution in [-0.4, -0.2) is 23.1 Å². The van der Waals surface area contributed by atoms with Gasteiger partial charge in [-0.15, -0.1) is 0 Å². The molecule has 0 spiro atoms. The molecule has 0 aliphatic carbocycles. The van der Waals surface area contributed by atoms with E-state index in [1.165, 1.54) is 16.5 Å².